The second-order valence-corrected chi connectivity index (χ2v) is 20.5. The standard InChI is InChI=1S/C40H46N2O7Si/c1-22-28-20-27(46-7)16-15-24(28)17-25-18-26-19-29-33(42(5)6)35-32(38(41-48-35)47-21-23-13-11-10-12-14-23)37(45)40(29,49-50(8,9)39(2,3)4)36(44)31(26)34(43)30(22)25/h10-17,20,26,29,33,43H,18-19,21H2,1-9H3/t26-,29-,33-,40-/m0/s1. The molecular formula is C40H46N2O7Si. The Morgan fingerprint density at radius 1 is 1.04 bits per heavy atom. The van der Waals surface area contributed by atoms with Crippen LogP contribution in [0.2, 0.25) is 18.1 Å². The summed E-state index contributed by atoms with van der Waals surface area (Å²) >= 11 is 0. The number of methoxy groups -OCH3 is 1. The molecule has 1 saturated carbocycles. The minimum atomic E-state index is -2.83. The molecule has 10 heteroatoms. The number of hydrogen-bond donors (Lipinski definition) is 1. The molecule has 7 rings (SSSR count). The molecule has 1 fully saturated rings. The number of benzene rings is 3. The van der Waals surface area contributed by atoms with E-state index in [9.17, 15) is 5.11 Å². The first-order valence-electron chi connectivity index (χ1n) is 17.3. The monoisotopic (exact) mass is 694 g/mol. The molecule has 1 N–H and O–H groups in total. The van der Waals surface area contributed by atoms with Crippen molar-refractivity contribution in [3.8, 4) is 11.6 Å². The maximum absolute atomic E-state index is 15.5. The molecule has 4 aromatic rings. The lowest BCUT2D eigenvalue weighted by atomic mass is 9.57. The van der Waals surface area contributed by atoms with Crippen LogP contribution >= 0.6 is 0 Å². The van der Waals surface area contributed by atoms with Gasteiger partial charge in [-0.3, -0.25) is 14.5 Å². The molecule has 3 aromatic carbocycles. The van der Waals surface area contributed by atoms with Crippen molar-refractivity contribution in [1.29, 1.82) is 0 Å². The van der Waals surface area contributed by atoms with Gasteiger partial charge in [0.1, 0.15) is 23.7 Å². The molecular weight excluding hydrogens is 649 g/mol. The van der Waals surface area contributed by atoms with Gasteiger partial charge in [-0.2, -0.15) is 0 Å². The van der Waals surface area contributed by atoms with Gasteiger partial charge in [-0.15, -0.1) is 0 Å². The number of ether oxygens (including phenoxy) is 2. The Hall–Kier alpha value is -4.25. The van der Waals surface area contributed by atoms with E-state index in [1.807, 2.05) is 74.4 Å². The number of aromatic nitrogens is 1. The lowest BCUT2D eigenvalue weighted by Gasteiger charge is -2.55. The number of aliphatic hydroxyl groups excluding tert-OH is 1. The van der Waals surface area contributed by atoms with Gasteiger partial charge in [0.25, 0.3) is 5.88 Å². The molecule has 9 nitrogen and oxygen atoms in total. The second kappa shape index (κ2) is 11.9. The van der Waals surface area contributed by atoms with Crippen molar-refractivity contribution >= 4 is 36.4 Å². The van der Waals surface area contributed by atoms with E-state index < -0.39 is 37.4 Å². The third kappa shape index (κ3) is 5.06. The van der Waals surface area contributed by atoms with Crippen LogP contribution in [0.4, 0.5) is 0 Å². The molecule has 0 radical (unpaired) electrons. The topological polar surface area (TPSA) is 111 Å². The molecule has 262 valence electrons. The van der Waals surface area contributed by atoms with Gasteiger partial charge >= 0.3 is 0 Å². The van der Waals surface area contributed by atoms with Crippen molar-refractivity contribution in [3.05, 3.63) is 93.7 Å². The van der Waals surface area contributed by atoms with Crippen LogP contribution in [0.25, 0.3) is 16.5 Å². The van der Waals surface area contributed by atoms with Crippen LogP contribution in [0.3, 0.4) is 0 Å². The Labute approximate surface area is 294 Å². The quantitative estimate of drug-likeness (QED) is 0.152. The van der Waals surface area contributed by atoms with Crippen molar-refractivity contribution in [1.82, 2.24) is 10.1 Å². The summed E-state index contributed by atoms with van der Waals surface area (Å²) in [6.07, 6.45) is 0.965. The van der Waals surface area contributed by atoms with E-state index in [1.165, 1.54) is 0 Å². The lowest BCUT2D eigenvalue weighted by molar-refractivity contribution is -0.140. The van der Waals surface area contributed by atoms with Crippen molar-refractivity contribution in [2.75, 3.05) is 21.2 Å². The van der Waals surface area contributed by atoms with E-state index in [4.69, 9.17) is 18.4 Å². The number of Topliss-reactive ketones (excluding diaryl/α,β-unsaturated/α-hetero) is 2. The Morgan fingerprint density at radius 3 is 2.42 bits per heavy atom. The van der Waals surface area contributed by atoms with Gasteiger partial charge in [-0.1, -0.05) is 63.2 Å². The highest BCUT2D eigenvalue weighted by Crippen LogP contribution is 2.59. The first-order chi connectivity index (χ1) is 23.6. The van der Waals surface area contributed by atoms with Crippen LogP contribution < -0.4 is 9.47 Å². The second-order valence-electron chi connectivity index (χ2n) is 15.8. The van der Waals surface area contributed by atoms with Crippen LogP contribution in [0.15, 0.2) is 64.7 Å². The largest absolute Gasteiger partial charge is 0.507 e. The third-order valence-corrected chi connectivity index (χ3v) is 16.0. The highest BCUT2D eigenvalue weighted by atomic mass is 28.4. The van der Waals surface area contributed by atoms with Gasteiger partial charge in [0.2, 0.25) is 11.6 Å². The molecule has 0 saturated heterocycles. The summed E-state index contributed by atoms with van der Waals surface area (Å²) in [6, 6.07) is 17.1. The molecule has 4 atom stereocenters. The molecule has 0 unspecified atom stereocenters. The Balaban J connectivity index is 1.44. The van der Waals surface area contributed by atoms with Crippen molar-refractivity contribution < 1.29 is 33.1 Å². The molecule has 0 bridgehead atoms. The van der Waals surface area contributed by atoms with E-state index >= 15 is 9.59 Å². The van der Waals surface area contributed by atoms with Crippen LogP contribution in [0, 0.1) is 18.8 Å². The van der Waals surface area contributed by atoms with Crippen molar-refractivity contribution in [3.63, 3.8) is 0 Å². The number of ketones is 2. The average molecular weight is 695 g/mol. The molecule has 1 aromatic heterocycles. The number of hydrogen-bond acceptors (Lipinski definition) is 9. The summed E-state index contributed by atoms with van der Waals surface area (Å²) < 4.78 is 24.9. The fourth-order valence-electron chi connectivity index (χ4n) is 8.10. The molecule has 3 aliphatic carbocycles. The number of carbonyl (C=O) groups excluding carboxylic acids is 2. The van der Waals surface area contributed by atoms with Gasteiger partial charge in [0.15, 0.2) is 19.7 Å². The average Bonchev–Trinajstić information content (AvgIpc) is 3.48. The van der Waals surface area contributed by atoms with Crippen molar-refractivity contribution in [2.24, 2.45) is 11.8 Å². The summed E-state index contributed by atoms with van der Waals surface area (Å²) in [7, 11) is 2.64. The minimum Gasteiger partial charge on any atom is -0.507 e. The highest BCUT2D eigenvalue weighted by Gasteiger charge is 2.68. The number of aryl methyl sites for hydroxylation is 1. The summed E-state index contributed by atoms with van der Waals surface area (Å²) in [5, 5.41) is 18.2. The molecule has 0 aliphatic heterocycles. The first-order valence-corrected chi connectivity index (χ1v) is 20.2. The third-order valence-electron chi connectivity index (χ3n) is 11.6. The van der Waals surface area contributed by atoms with Gasteiger partial charge in [-0.25, -0.2) is 0 Å². The zero-order valence-corrected chi connectivity index (χ0v) is 31.3. The van der Waals surface area contributed by atoms with Crippen LogP contribution in [0.1, 0.15) is 71.6 Å². The van der Waals surface area contributed by atoms with Crippen LogP contribution in [0.5, 0.6) is 11.6 Å². The van der Waals surface area contributed by atoms with Gasteiger partial charge in [-0.05, 0) is 103 Å². The number of carbonyl (C=O) groups is 2. The Kier molecular flexibility index (Phi) is 8.16. The highest BCUT2D eigenvalue weighted by molar-refractivity contribution is 6.74. The first kappa shape index (κ1) is 34.2. The maximum Gasteiger partial charge on any atom is 0.265 e. The van der Waals surface area contributed by atoms with Crippen LogP contribution in [-0.2, 0) is 22.2 Å². The summed E-state index contributed by atoms with van der Waals surface area (Å²) in [5.74, 6) is -0.894. The zero-order valence-electron chi connectivity index (χ0n) is 30.3. The predicted octanol–water partition coefficient (Wildman–Crippen LogP) is 8.01. The van der Waals surface area contributed by atoms with Crippen molar-refractivity contribution in [2.45, 2.75) is 76.9 Å². The fraction of sp³-hybridized carbons (Fsp3) is 0.425. The summed E-state index contributed by atoms with van der Waals surface area (Å²) in [6.45, 7) is 12.5. The smallest absolute Gasteiger partial charge is 0.265 e. The molecule has 0 amide bonds. The number of nitrogens with zero attached hydrogens (tertiary/aromatic N) is 2. The SMILES string of the molecule is COc1ccc2cc3c(c(C)c2c1)C(O)=C1C(=O)[C@]2(O[Si](C)(C)C(C)(C)C)C(=O)c4c(OCc5ccccc5)noc4[C@@H](N(C)C)[C@@H]2C[C@@H]1C3. The lowest BCUT2D eigenvalue weighted by Crippen LogP contribution is -2.68. The summed E-state index contributed by atoms with van der Waals surface area (Å²) in [5.41, 5.74) is 1.83. The zero-order chi connectivity index (χ0) is 35.9. The number of fused-ring (bicyclic) bond motifs is 5. The fourth-order valence-corrected chi connectivity index (χ4v) is 9.55. The van der Waals surface area contributed by atoms with Gasteiger partial charge < -0.3 is 23.5 Å². The van der Waals surface area contributed by atoms with E-state index in [-0.39, 0.29) is 40.3 Å². The van der Waals surface area contributed by atoms with Gasteiger partial charge in [0, 0.05) is 17.1 Å². The van der Waals surface area contributed by atoms with E-state index in [1.54, 1.807) is 7.11 Å². The molecule has 1 heterocycles. The van der Waals surface area contributed by atoms with E-state index in [2.05, 4.69) is 45.1 Å². The Bertz CT molecular complexity index is 2060. The summed E-state index contributed by atoms with van der Waals surface area (Å²) in [4.78, 5) is 32.9. The number of rotatable bonds is 7. The maximum atomic E-state index is 15.5. The van der Waals surface area contributed by atoms with Gasteiger partial charge in [0.05, 0.1) is 13.2 Å². The predicted molar refractivity (Wildman–Crippen MR) is 194 cm³/mol. The number of aliphatic hydroxyl groups is 1. The molecule has 0 spiro atoms. The Morgan fingerprint density at radius 2 is 1.76 bits per heavy atom. The molecule has 50 heavy (non-hydrogen) atoms. The van der Waals surface area contributed by atoms with Crippen LogP contribution in [-0.4, -0.2) is 61.9 Å². The van der Waals surface area contributed by atoms with E-state index in [0.29, 0.717) is 29.9 Å². The van der Waals surface area contributed by atoms with E-state index in [0.717, 1.165) is 27.5 Å². The minimum absolute atomic E-state index is 0.0377. The normalized spacial score (nSPS) is 23.4. The molecule has 3 aliphatic rings.